The van der Waals surface area contributed by atoms with Crippen LogP contribution in [0.15, 0.2) is 30.5 Å². The van der Waals surface area contributed by atoms with Gasteiger partial charge in [0, 0.05) is 22.9 Å². The Morgan fingerprint density at radius 3 is 2.44 bits per heavy atom. The summed E-state index contributed by atoms with van der Waals surface area (Å²) >= 11 is 6.03. The highest BCUT2D eigenvalue weighted by molar-refractivity contribution is 6.31. The fourth-order valence-corrected chi connectivity index (χ4v) is 2.60. The number of carboxylic acid groups (broad SMARTS) is 1. The van der Waals surface area contributed by atoms with E-state index in [2.05, 4.69) is 4.98 Å². The largest absolute Gasteiger partial charge is 0.465 e. The van der Waals surface area contributed by atoms with E-state index in [9.17, 15) is 23.8 Å². The fourth-order valence-electron chi connectivity index (χ4n) is 2.39. The normalized spacial score (nSPS) is 12.8. The van der Waals surface area contributed by atoms with Gasteiger partial charge in [0.1, 0.15) is 23.6 Å². The third-order valence-corrected chi connectivity index (χ3v) is 3.82. The second kappa shape index (κ2) is 6.93. The molecule has 0 spiro atoms. The van der Waals surface area contributed by atoms with E-state index in [0.29, 0.717) is 0 Å². The van der Waals surface area contributed by atoms with Gasteiger partial charge in [0.15, 0.2) is 0 Å². The molecule has 1 amide bonds. The minimum atomic E-state index is -1.58. The first-order chi connectivity index (χ1) is 11.5. The van der Waals surface area contributed by atoms with E-state index in [1.165, 1.54) is 6.07 Å². The maximum atomic E-state index is 13.9. The van der Waals surface area contributed by atoms with Gasteiger partial charge in [-0.25, -0.2) is 18.6 Å². The Morgan fingerprint density at radius 2 is 1.88 bits per heavy atom. The molecule has 5 nitrogen and oxygen atoms in total. The molecular weight excluding hydrogens is 354 g/mol. The highest BCUT2D eigenvalue weighted by Gasteiger charge is 2.30. The molecule has 0 aliphatic heterocycles. The molecule has 0 bridgehead atoms. The predicted octanol–water partition coefficient (Wildman–Crippen LogP) is 4.38. The number of carbonyl (C=O) groups is 1. The van der Waals surface area contributed by atoms with Crippen LogP contribution in [0.25, 0.3) is 0 Å². The second-order valence-corrected chi connectivity index (χ2v) is 6.83. The van der Waals surface area contributed by atoms with Crippen molar-refractivity contribution in [2.45, 2.75) is 32.4 Å². The van der Waals surface area contributed by atoms with Gasteiger partial charge >= 0.3 is 6.09 Å². The Kier molecular flexibility index (Phi) is 5.29. The highest BCUT2D eigenvalue weighted by atomic mass is 35.5. The lowest BCUT2D eigenvalue weighted by Gasteiger charge is -2.32. The Labute approximate surface area is 148 Å². The monoisotopic (exact) mass is 370 g/mol. The van der Waals surface area contributed by atoms with Crippen LogP contribution < -0.4 is 4.90 Å². The smallest absolute Gasteiger partial charge is 0.413 e. The van der Waals surface area contributed by atoms with Gasteiger partial charge < -0.3 is 10.2 Å². The number of benzene rings is 1. The summed E-state index contributed by atoms with van der Waals surface area (Å²) in [5.74, 6) is -1.52. The van der Waals surface area contributed by atoms with Crippen LogP contribution in [0.4, 0.5) is 19.4 Å². The van der Waals surface area contributed by atoms with E-state index >= 15 is 0 Å². The van der Waals surface area contributed by atoms with E-state index in [1.54, 1.807) is 20.8 Å². The van der Waals surface area contributed by atoms with Crippen molar-refractivity contribution in [2.24, 2.45) is 0 Å². The summed E-state index contributed by atoms with van der Waals surface area (Å²) in [5.41, 5.74) is -1.11. The molecule has 1 atom stereocenters. The number of pyridine rings is 1. The predicted molar refractivity (Wildman–Crippen MR) is 89.9 cm³/mol. The SMILES string of the molecule is CC(C)(C)N(C(=O)O)c1cc(C(O)c2cc(F)ccc2F)c(Cl)cn1. The molecule has 2 aromatic rings. The van der Waals surface area contributed by atoms with E-state index in [4.69, 9.17) is 11.6 Å². The van der Waals surface area contributed by atoms with Crippen LogP contribution in [0.2, 0.25) is 5.02 Å². The Morgan fingerprint density at radius 1 is 1.24 bits per heavy atom. The zero-order valence-electron chi connectivity index (χ0n) is 13.8. The molecule has 2 rings (SSSR count). The van der Waals surface area contributed by atoms with Crippen LogP contribution in [0.3, 0.4) is 0 Å². The molecule has 1 aromatic carbocycles. The van der Waals surface area contributed by atoms with Crippen LogP contribution >= 0.6 is 11.6 Å². The molecule has 25 heavy (non-hydrogen) atoms. The first-order valence-corrected chi connectivity index (χ1v) is 7.71. The van der Waals surface area contributed by atoms with Crippen LogP contribution in [0.5, 0.6) is 0 Å². The molecule has 0 radical (unpaired) electrons. The minimum Gasteiger partial charge on any atom is -0.465 e. The number of hydrogen-bond acceptors (Lipinski definition) is 3. The third kappa shape index (κ3) is 4.05. The Hall–Kier alpha value is -2.25. The topological polar surface area (TPSA) is 73.7 Å². The summed E-state index contributed by atoms with van der Waals surface area (Å²) in [6.07, 6.45) is -1.67. The highest BCUT2D eigenvalue weighted by Crippen LogP contribution is 2.33. The van der Waals surface area contributed by atoms with Crippen molar-refractivity contribution in [3.05, 3.63) is 58.2 Å². The van der Waals surface area contributed by atoms with E-state index < -0.39 is 29.4 Å². The third-order valence-electron chi connectivity index (χ3n) is 3.51. The molecule has 0 aliphatic carbocycles. The van der Waals surface area contributed by atoms with Crippen molar-refractivity contribution in [1.29, 1.82) is 0 Å². The van der Waals surface area contributed by atoms with Gasteiger partial charge in [0.25, 0.3) is 0 Å². The zero-order valence-corrected chi connectivity index (χ0v) is 14.6. The number of rotatable bonds is 3. The van der Waals surface area contributed by atoms with Crippen molar-refractivity contribution < 1.29 is 23.8 Å². The Balaban J connectivity index is 2.55. The molecule has 134 valence electrons. The van der Waals surface area contributed by atoms with Crippen molar-refractivity contribution in [3.63, 3.8) is 0 Å². The number of halogens is 3. The molecule has 0 saturated heterocycles. The average Bonchev–Trinajstić information content (AvgIpc) is 2.49. The molecule has 0 fully saturated rings. The maximum Gasteiger partial charge on any atom is 0.413 e. The quantitative estimate of drug-likeness (QED) is 0.841. The molecule has 1 heterocycles. The summed E-state index contributed by atoms with van der Waals surface area (Å²) in [6, 6.07) is 3.92. The van der Waals surface area contributed by atoms with Gasteiger partial charge in [-0.3, -0.25) is 4.90 Å². The van der Waals surface area contributed by atoms with E-state index in [0.717, 1.165) is 29.3 Å². The lowest BCUT2D eigenvalue weighted by Crippen LogP contribution is -2.45. The van der Waals surface area contributed by atoms with E-state index in [1.807, 2.05) is 0 Å². The average molecular weight is 371 g/mol. The number of aromatic nitrogens is 1. The molecule has 8 heteroatoms. The van der Waals surface area contributed by atoms with Gasteiger partial charge in [0.05, 0.1) is 5.02 Å². The molecule has 1 aromatic heterocycles. The van der Waals surface area contributed by atoms with Crippen molar-refractivity contribution in [2.75, 3.05) is 4.90 Å². The number of aliphatic hydroxyl groups is 1. The Bertz CT molecular complexity index is 809. The lowest BCUT2D eigenvalue weighted by molar-refractivity contribution is 0.195. The maximum absolute atomic E-state index is 13.9. The molecule has 1 unspecified atom stereocenters. The standard InChI is InChI=1S/C17H17ClF2N2O3/c1-17(2,3)22(16(24)25)14-7-10(12(18)8-21-14)15(23)11-6-9(19)4-5-13(11)20/h4-8,15,23H,1-3H3,(H,24,25). The number of anilines is 1. The van der Waals surface area contributed by atoms with Gasteiger partial charge in [-0.05, 0) is 45.0 Å². The van der Waals surface area contributed by atoms with Crippen molar-refractivity contribution in [1.82, 2.24) is 4.98 Å². The van der Waals surface area contributed by atoms with Gasteiger partial charge in [-0.15, -0.1) is 0 Å². The number of amides is 1. The molecule has 2 N–H and O–H groups in total. The van der Waals surface area contributed by atoms with Gasteiger partial charge in [0.2, 0.25) is 0 Å². The molecular formula is C17H17ClF2N2O3. The van der Waals surface area contributed by atoms with Crippen LogP contribution in [-0.4, -0.2) is 26.8 Å². The van der Waals surface area contributed by atoms with Crippen molar-refractivity contribution >= 4 is 23.5 Å². The van der Waals surface area contributed by atoms with Gasteiger partial charge in [-0.1, -0.05) is 11.6 Å². The second-order valence-electron chi connectivity index (χ2n) is 6.42. The van der Waals surface area contributed by atoms with Crippen molar-refractivity contribution in [3.8, 4) is 0 Å². The lowest BCUT2D eigenvalue weighted by atomic mass is 10.0. The summed E-state index contributed by atoms with van der Waals surface area (Å²) < 4.78 is 27.3. The van der Waals surface area contributed by atoms with Crippen LogP contribution in [0.1, 0.15) is 38.0 Å². The number of aliphatic hydroxyl groups excluding tert-OH is 1. The summed E-state index contributed by atoms with van der Waals surface area (Å²) in [6.45, 7) is 5.00. The number of nitrogens with zero attached hydrogens (tertiary/aromatic N) is 2. The minimum absolute atomic E-state index is 0.000779. The first-order valence-electron chi connectivity index (χ1n) is 7.34. The fraction of sp³-hybridized carbons (Fsp3) is 0.294. The molecule has 0 saturated carbocycles. The van der Waals surface area contributed by atoms with Crippen LogP contribution in [0, 0.1) is 11.6 Å². The summed E-state index contributed by atoms with van der Waals surface area (Å²) in [4.78, 5) is 16.5. The summed E-state index contributed by atoms with van der Waals surface area (Å²) in [5, 5.41) is 19.9. The summed E-state index contributed by atoms with van der Waals surface area (Å²) in [7, 11) is 0. The zero-order chi connectivity index (χ0) is 18.9. The first kappa shape index (κ1) is 19.1. The molecule has 0 aliphatic rings. The van der Waals surface area contributed by atoms with Gasteiger partial charge in [-0.2, -0.15) is 0 Å². The van der Waals surface area contributed by atoms with Crippen LogP contribution in [-0.2, 0) is 0 Å². The van der Waals surface area contributed by atoms with E-state index in [-0.39, 0.29) is 22.0 Å². The number of hydrogen-bond donors (Lipinski definition) is 2.